The van der Waals surface area contributed by atoms with Crippen molar-refractivity contribution in [3.05, 3.63) is 47.2 Å². The van der Waals surface area contributed by atoms with Crippen molar-refractivity contribution in [2.24, 2.45) is 0 Å². The number of H-pyrrole nitrogens is 1. The second kappa shape index (κ2) is 5.75. The van der Waals surface area contributed by atoms with Gasteiger partial charge < -0.3 is 16.6 Å². The van der Waals surface area contributed by atoms with Crippen LogP contribution in [0.4, 0.5) is 11.4 Å². The van der Waals surface area contributed by atoms with E-state index in [4.69, 9.17) is 16.6 Å². The van der Waals surface area contributed by atoms with E-state index in [0.717, 1.165) is 39.0 Å². The van der Waals surface area contributed by atoms with Gasteiger partial charge >= 0.3 is 0 Å². The van der Waals surface area contributed by atoms with Gasteiger partial charge in [-0.2, -0.15) is 5.10 Å². The number of rotatable bonds is 0. The predicted molar refractivity (Wildman–Crippen MR) is 87.2 cm³/mol. The van der Waals surface area contributed by atoms with Crippen LogP contribution in [0.25, 0.3) is 10.9 Å². The molecule has 21 heavy (non-hydrogen) atoms. The zero-order valence-electron chi connectivity index (χ0n) is 12.4. The number of aryl methyl sites for hydroxylation is 1. The molecule has 0 aliphatic carbocycles. The Morgan fingerprint density at radius 2 is 1.62 bits per heavy atom. The zero-order valence-corrected chi connectivity index (χ0v) is 12.4. The molecule has 0 saturated heterocycles. The Labute approximate surface area is 123 Å². The van der Waals surface area contributed by atoms with E-state index < -0.39 is 0 Å². The largest absolute Gasteiger partial charge is 0.508 e. The number of phenols is 1. The normalized spacial score (nSPS) is 10.2. The molecule has 2 aromatic carbocycles. The van der Waals surface area contributed by atoms with Crippen LogP contribution < -0.4 is 11.5 Å². The highest BCUT2D eigenvalue weighted by atomic mass is 16.3. The summed E-state index contributed by atoms with van der Waals surface area (Å²) in [5.74, 6) is 0.368. The van der Waals surface area contributed by atoms with Gasteiger partial charge in [0.25, 0.3) is 0 Å². The Kier molecular flexibility index (Phi) is 4.03. The summed E-state index contributed by atoms with van der Waals surface area (Å²) in [4.78, 5) is 0. The third-order valence-corrected chi connectivity index (χ3v) is 3.68. The Balaban J connectivity index is 0.000000173. The number of nitrogens with one attached hydrogen (secondary N) is 1. The topological polar surface area (TPSA) is 101 Å². The van der Waals surface area contributed by atoms with Crippen molar-refractivity contribution in [2.45, 2.75) is 20.8 Å². The molecule has 0 spiro atoms. The molecular weight excluding hydrogens is 264 g/mol. The maximum absolute atomic E-state index is 8.92. The van der Waals surface area contributed by atoms with E-state index in [1.807, 2.05) is 39.0 Å². The quantitative estimate of drug-likeness (QED) is 0.476. The SMILES string of the molecule is Cc1c(C)c(N)c2[nH]ncc2c1N.Cc1ccccc1O. The van der Waals surface area contributed by atoms with E-state index in [-0.39, 0.29) is 0 Å². The summed E-state index contributed by atoms with van der Waals surface area (Å²) in [7, 11) is 0. The number of aromatic amines is 1. The number of fused-ring (bicyclic) bond motifs is 1. The molecule has 0 bridgehead atoms. The molecule has 0 atom stereocenters. The van der Waals surface area contributed by atoms with Gasteiger partial charge in [0.1, 0.15) is 5.75 Å². The maximum atomic E-state index is 8.92. The van der Waals surface area contributed by atoms with Crippen molar-refractivity contribution >= 4 is 22.3 Å². The molecule has 3 rings (SSSR count). The van der Waals surface area contributed by atoms with E-state index in [9.17, 15) is 0 Å². The minimum absolute atomic E-state index is 0.368. The highest BCUT2D eigenvalue weighted by Gasteiger charge is 2.10. The third-order valence-electron chi connectivity index (χ3n) is 3.68. The number of para-hydroxylation sites is 1. The minimum Gasteiger partial charge on any atom is -0.508 e. The van der Waals surface area contributed by atoms with Gasteiger partial charge in [-0.15, -0.1) is 0 Å². The fourth-order valence-corrected chi connectivity index (χ4v) is 2.05. The maximum Gasteiger partial charge on any atom is 0.118 e. The van der Waals surface area contributed by atoms with Crippen LogP contribution in [0.5, 0.6) is 5.75 Å². The number of aromatic hydroxyl groups is 1. The molecule has 1 heterocycles. The molecule has 0 fully saturated rings. The molecule has 6 N–H and O–H groups in total. The second-order valence-electron chi connectivity index (χ2n) is 5.02. The number of nitrogen functional groups attached to an aromatic ring is 2. The first-order chi connectivity index (χ1) is 9.93. The number of nitrogens with two attached hydrogens (primary N) is 2. The minimum atomic E-state index is 0.368. The fraction of sp³-hybridized carbons (Fsp3) is 0.188. The smallest absolute Gasteiger partial charge is 0.118 e. The average Bonchev–Trinajstić information content (AvgIpc) is 2.96. The first-order valence-electron chi connectivity index (χ1n) is 6.65. The highest BCUT2D eigenvalue weighted by Crippen LogP contribution is 2.31. The molecule has 0 amide bonds. The van der Waals surface area contributed by atoms with Gasteiger partial charge in [-0.1, -0.05) is 18.2 Å². The Hall–Kier alpha value is -2.69. The Morgan fingerprint density at radius 1 is 1.00 bits per heavy atom. The molecule has 0 unspecified atom stereocenters. The van der Waals surface area contributed by atoms with Crippen molar-refractivity contribution in [2.75, 3.05) is 11.5 Å². The van der Waals surface area contributed by atoms with Gasteiger partial charge in [0.15, 0.2) is 0 Å². The van der Waals surface area contributed by atoms with E-state index in [2.05, 4.69) is 10.2 Å². The number of phenolic OH excluding ortho intramolecular Hbond substituents is 1. The van der Waals surface area contributed by atoms with Crippen LogP contribution in [0, 0.1) is 20.8 Å². The van der Waals surface area contributed by atoms with Crippen molar-refractivity contribution in [1.82, 2.24) is 10.2 Å². The monoisotopic (exact) mass is 284 g/mol. The van der Waals surface area contributed by atoms with Crippen LogP contribution in [0.2, 0.25) is 0 Å². The Bertz CT molecular complexity index is 714. The van der Waals surface area contributed by atoms with Gasteiger partial charge in [-0.25, -0.2) is 0 Å². The van der Waals surface area contributed by atoms with Crippen LogP contribution in [-0.2, 0) is 0 Å². The van der Waals surface area contributed by atoms with Crippen LogP contribution in [0.3, 0.4) is 0 Å². The van der Waals surface area contributed by atoms with E-state index in [0.29, 0.717) is 5.75 Å². The summed E-state index contributed by atoms with van der Waals surface area (Å²) in [6, 6.07) is 7.25. The standard InChI is InChI=1S/C9H12N4.C7H8O/c1-4-5(2)8(11)9-6(7(4)10)3-12-13-9;1-6-4-2-3-5-7(6)8/h3H,10-11H2,1-2H3,(H,12,13);2-5,8H,1H3. The highest BCUT2D eigenvalue weighted by molar-refractivity contribution is 6.00. The molecular formula is C16H20N4O. The number of nitrogens with zero attached hydrogens (tertiary/aromatic N) is 1. The summed E-state index contributed by atoms with van der Waals surface area (Å²) in [5, 5.41) is 16.6. The van der Waals surface area contributed by atoms with Crippen LogP contribution >= 0.6 is 0 Å². The lowest BCUT2D eigenvalue weighted by Gasteiger charge is -2.08. The third kappa shape index (κ3) is 2.76. The van der Waals surface area contributed by atoms with Crippen molar-refractivity contribution in [3.8, 4) is 5.75 Å². The van der Waals surface area contributed by atoms with Gasteiger partial charge in [0, 0.05) is 11.1 Å². The second-order valence-corrected chi connectivity index (χ2v) is 5.02. The lowest BCUT2D eigenvalue weighted by atomic mass is 10.0. The summed E-state index contributed by atoms with van der Waals surface area (Å²) in [5.41, 5.74) is 17.1. The van der Waals surface area contributed by atoms with Gasteiger partial charge in [-0.3, -0.25) is 5.10 Å². The lowest BCUT2D eigenvalue weighted by Crippen LogP contribution is -1.99. The first-order valence-corrected chi connectivity index (χ1v) is 6.65. The van der Waals surface area contributed by atoms with Crippen LogP contribution in [0.15, 0.2) is 30.5 Å². The number of benzene rings is 2. The van der Waals surface area contributed by atoms with Crippen molar-refractivity contribution < 1.29 is 5.11 Å². The molecule has 0 aliphatic heterocycles. The van der Waals surface area contributed by atoms with E-state index in [1.54, 1.807) is 12.3 Å². The molecule has 3 aromatic rings. The van der Waals surface area contributed by atoms with Gasteiger partial charge in [-0.05, 0) is 43.5 Å². The predicted octanol–water partition coefficient (Wildman–Crippen LogP) is 3.04. The fourth-order valence-electron chi connectivity index (χ4n) is 2.05. The lowest BCUT2D eigenvalue weighted by molar-refractivity contribution is 0.471. The number of hydrogen-bond donors (Lipinski definition) is 4. The van der Waals surface area contributed by atoms with Crippen LogP contribution in [-0.4, -0.2) is 15.3 Å². The summed E-state index contributed by atoms with van der Waals surface area (Å²) < 4.78 is 0. The molecule has 5 nitrogen and oxygen atoms in total. The zero-order chi connectivity index (χ0) is 15.6. The van der Waals surface area contributed by atoms with Crippen molar-refractivity contribution in [1.29, 1.82) is 0 Å². The summed E-state index contributed by atoms with van der Waals surface area (Å²) >= 11 is 0. The molecule has 0 radical (unpaired) electrons. The summed E-state index contributed by atoms with van der Waals surface area (Å²) in [6.07, 6.45) is 1.70. The Morgan fingerprint density at radius 3 is 2.19 bits per heavy atom. The molecule has 0 aliphatic rings. The van der Waals surface area contributed by atoms with Gasteiger partial charge in [0.05, 0.1) is 17.4 Å². The molecule has 110 valence electrons. The number of hydrogen-bond acceptors (Lipinski definition) is 4. The van der Waals surface area contributed by atoms with Crippen molar-refractivity contribution in [3.63, 3.8) is 0 Å². The van der Waals surface area contributed by atoms with E-state index in [1.165, 1.54) is 0 Å². The molecule has 1 aromatic heterocycles. The number of aromatic nitrogens is 2. The first kappa shape index (κ1) is 14.7. The average molecular weight is 284 g/mol. The van der Waals surface area contributed by atoms with Gasteiger partial charge in [0.2, 0.25) is 0 Å². The number of anilines is 2. The molecule has 0 saturated carbocycles. The van der Waals surface area contributed by atoms with E-state index >= 15 is 0 Å². The molecule has 5 heteroatoms. The summed E-state index contributed by atoms with van der Waals surface area (Å²) in [6.45, 7) is 5.80. The van der Waals surface area contributed by atoms with Crippen LogP contribution in [0.1, 0.15) is 16.7 Å².